The normalized spacial score (nSPS) is 17.9. The predicted octanol–water partition coefficient (Wildman–Crippen LogP) is 1.12. The topological polar surface area (TPSA) is 97.6 Å². The first kappa shape index (κ1) is 18.1. The summed E-state index contributed by atoms with van der Waals surface area (Å²) in [5.41, 5.74) is 0.551. The van der Waals surface area contributed by atoms with E-state index < -0.39 is 5.97 Å². The summed E-state index contributed by atoms with van der Waals surface area (Å²) in [5, 5.41) is 16.3. The predicted molar refractivity (Wildman–Crippen MR) is 79.8 cm³/mol. The second kappa shape index (κ2) is 7.35. The van der Waals surface area contributed by atoms with Gasteiger partial charge < -0.3 is 14.7 Å². The maximum atomic E-state index is 10.8. The summed E-state index contributed by atoms with van der Waals surface area (Å²) in [6.45, 7) is 8.97. The number of aromatic nitrogens is 3. The van der Waals surface area contributed by atoms with Gasteiger partial charge in [0.05, 0.1) is 17.3 Å². The van der Waals surface area contributed by atoms with E-state index in [-0.39, 0.29) is 17.3 Å². The van der Waals surface area contributed by atoms with E-state index in [4.69, 9.17) is 9.84 Å². The molecule has 0 bridgehead atoms. The molecule has 1 aromatic rings. The van der Waals surface area contributed by atoms with E-state index in [1.807, 2.05) is 20.8 Å². The van der Waals surface area contributed by atoms with Crippen LogP contribution in [0.4, 0.5) is 0 Å². The molecule has 1 saturated heterocycles. The molecule has 1 unspecified atom stereocenters. The monoisotopic (exact) mass is 312 g/mol. The molecule has 1 amide bonds. The summed E-state index contributed by atoms with van der Waals surface area (Å²) in [4.78, 5) is 23.0. The largest absolute Gasteiger partial charge is 0.476 e. The fourth-order valence-corrected chi connectivity index (χ4v) is 1.95. The fourth-order valence-electron chi connectivity index (χ4n) is 1.95. The number of carboxylic acid groups (broad SMARTS) is 1. The Balaban J connectivity index is 0.000000346. The van der Waals surface area contributed by atoms with Crippen LogP contribution in [-0.2, 0) is 9.53 Å². The van der Waals surface area contributed by atoms with Crippen molar-refractivity contribution in [2.24, 2.45) is 0 Å². The third-order valence-corrected chi connectivity index (χ3v) is 3.43. The van der Waals surface area contributed by atoms with Crippen molar-refractivity contribution in [1.29, 1.82) is 0 Å². The fraction of sp³-hybridized carbons (Fsp3) is 0.714. The number of ether oxygens (including phenoxy) is 1. The van der Waals surface area contributed by atoms with E-state index in [0.717, 1.165) is 12.8 Å². The SMILES string of the molecule is COC(C)(C)C.Cc1c(C(=O)O)nnn1C1CCN(C=O)C1. The summed E-state index contributed by atoms with van der Waals surface area (Å²) in [6, 6.07) is 0.0331. The third-order valence-electron chi connectivity index (χ3n) is 3.43. The van der Waals surface area contributed by atoms with Gasteiger partial charge in [0.15, 0.2) is 5.69 Å². The number of nitrogens with zero attached hydrogens (tertiary/aromatic N) is 4. The first-order valence-corrected chi connectivity index (χ1v) is 7.09. The Hall–Kier alpha value is -1.96. The van der Waals surface area contributed by atoms with Crippen molar-refractivity contribution in [3.8, 4) is 0 Å². The number of carboxylic acids is 1. The van der Waals surface area contributed by atoms with Crippen molar-refractivity contribution in [2.45, 2.75) is 45.8 Å². The quantitative estimate of drug-likeness (QED) is 0.840. The molecule has 0 spiro atoms. The molecule has 22 heavy (non-hydrogen) atoms. The van der Waals surface area contributed by atoms with Crippen molar-refractivity contribution in [1.82, 2.24) is 19.9 Å². The first-order valence-electron chi connectivity index (χ1n) is 7.09. The number of likely N-dealkylation sites (tertiary alicyclic amines) is 1. The maximum absolute atomic E-state index is 10.8. The molecule has 8 nitrogen and oxygen atoms in total. The Labute approximate surface area is 130 Å². The van der Waals surface area contributed by atoms with Gasteiger partial charge >= 0.3 is 5.97 Å². The van der Waals surface area contributed by atoms with Gasteiger partial charge in [0.2, 0.25) is 6.41 Å². The molecular formula is C14H24N4O4. The third kappa shape index (κ3) is 4.80. The number of carbonyl (C=O) groups is 2. The van der Waals surface area contributed by atoms with Crippen LogP contribution in [0, 0.1) is 6.92 Å². The standard InChI is InChI=1S/C9H12N4O3.C5H12O/c1-6-8(9(15)16)10-11-13(6)7-2-3-12(4-7)5-14;1-5(2,3)6-4/h5,7H,2-4H2,1H3,(H,15,16);1-4H3. The number of methoxy groups -OCH3 is 1. The first-order chi connectivity index (χ1) is 10.2. The zero-order valence-electron chi connectivity index (χ0n) is 13.7. The second-order valence-electron chi connectivity index (χ2n) is 6.13. The second-order valence-corrected chi connectivity index (χ2v) is 6.13. The smallest absolute Gasteiger partial charge is 0.358 e. The van der Waals surface area contributed by atoms with Crippen LogP contribution in [0.1, 0.15) is 49.4 Å². The van der Waals surface area contributed by atoms with Crippen LogP contribution >= 0.6 is 0 Å². The number of carbonyl (C=O) groups excluding carboxylic acids is 1. The summed E-state index contributed by atoms with van der Waals surface area (Å²) in [6.07, 6.45) is 1.58. The van der Waals surface area contributed by atoms with Crippen LogP contribution in [0.3, 0.4) is 0 Å². The van der Waals surface area contributed by atoms with Crippen molar-refractivity contribution in [3.05, 3.63) is 11.4 Å². The van der Waals surface area contributed by atoms with Crippen molar-refractivity contribution >= 4 is 12.4 Å². The van der Waals surface area contributed by atoms with Gasteiger partial charge in [-0.3, -0.25) is 4.79 Å². The lowest BCUT2D eigenvalue weighted by Crippen LogP contribution is -2.20. The minimum atomic E-state index is -1.08. The minimum Gasteiger partial charge on any atom is -0.476 e. The molecule has 2 rings (SSSR count). The van der Waals surface area contributed by atoms with Crippen LogP contribution < -0.4 is 0 Å². The average Bonchev–Trinajstić information content (AvgIpc) is 3.04. The van der Waals surface area contributed by atoms with Gasteiger partial charge in [0.1, 0.15) is 0 Å². The van der Waals surface area contributed by atoms with Crippen molar-refractivity contribution in [2.75, 3.05) is 20.2 Å². The minimum absolute atomic E-state index is 0.0236. The number of hydrogen-bond acceptors (Lipinski definition) is 5. The zero-order chi connectivity index (χ0) is 16.9. The highest BCUT2D eigenvalue weighted by Crippen LogP contribution is 2.21. The molecule has 0 saturated carbocycles. The van der Waals surface area contributed by atoms with E-state index in [0.29, 0.717) is 18.8 Å². The Morgan fingerprint density at radius 1 is 1.45 bits per heavy atom. The molecule has 124 valence electrons. The van der Waals surface area contributed by atoms with Gasteiger partial charge in [0.25, 0.3) is 0 Å². The molecule has 1 fully saturated rings. The van der Waals surface area contributed by atoms with Crippen LogP contribution in [0.2, 0.25) is 0 Å². The molecule has 1 aliphatic rings. The summed E-state index contributed by atoms with van der Waals surface area (Å²) in [5.74, 6) is -1.08. The molecular weight excluding hydrogens is 288 g/mol. The van der Waals surface area contributed by atoms with E-state index in [9.17, 15) is 9.59 Å². The van der Waals surface area contributed by atoms with E-state index in [1.54, 1.807) is 23.6 Å². The van der Waals surface area contributed by atoms with Crippen LogP contribution in [-0.4, -0.2) is 63.2 Å². The number of aromatic carboxylic acids is 1. The Kier molecular flexibility index (Phi) is 6.04. The van der Waals surface area contributed by atoms with Gasteiger partial charge in [-0.25, -0.2) is 9.48 Å². The van der Waals surface area contributed by atoms with Gasteiger partial charge in [0, 0.05) is 20.2 Å². The van der Waals surface area contributed by atoms with Crippen LogP contribution in [0.5, 0.6) is 0 Å². The Bertz CT molecular complexity index is 521. The molecule has 1 aliphatic heterocycles. The van der Waals surface area contributed by atoms with Gasteiger partial charge in [-0.2, -0.15) is 0 Å². The lowest BCUT2D eigenvalue weighted by Gasteiger charge is -2.14. The van der Waals surface area contributed by atoms with Crippen molar-refractivity contribution in [3.63, 3.8) is 0 Å². The van der Waals surface area contributed by atoms with Crippen LogP contribution in [0.25, 0.3) is 0 Å². The number of rotatable bonds is 3. The van der Waals surface area contributed by atoms with Gasteiger partial charge in [-0.1, -0.05) is 5.21 Å². The summed E-state index contributed by atoms with van der Waals surface area (Å²) < 4.78 is 6.53. The van der Waals surface area contributed by atoms with Gasteiger partial charge in [-0.15, -0.1) is 5.10 Å². The lowest BCUT2D eigenvalue weighted by atomic mass is 10.2. The molecule has 0 aliphatic carbocycles. The highest BCUT2D eigenvalue weighted by molar-refractivity contribution is 5.86. The van der Waals surface area contributed by atoms with E-state index in [1.165, 1.54) is 0 Å². The van der Waals surface area contributed by atoms with Crippen molar-refractivity contribution < 1.29 is 19.4 Å². The highest BCUT2D eigenvalue weighted by Gasteiger charge is 2.27. The lowest BCUT2D eigenvalue weighted by molar-refractivity contribution is -0.117. The summed E-state index contributed by atoms with van der Waals surface area (Å²) in [7, 11) is 1.71. The molecule has 0 radical (unpaired) electrons. The molecule has 1 atom stereocenters. The Morgan fingerprint density at radius 2 is 2.05 bits per heavy atom. The molecule has 1 aromatic heterocycles. The average molecular weight is 312 g/mol. The molecule has 0 aromatic carbocycles. The molecule has 1 N–H and O–H groups in total. The van der Waals surface area contributed by atoms with Gasteiger partial charge in [-0.05, 0) is 34.1 Å². The molecule has 8 heteroatoms. The number of hydrogen-bond donors (Lipinski definition) is 1. The van der Waals surface area contributed by atoms with E-state index >= 15 is 0 Å². The van der Waals surface area contributed by atoms with E-state index in [2.05, 4.69) is 10.3 Å². The molecule has 2 heterocycles. The number of amides is 1. The highest BCUT2D eigenvalue weighted by atomic mass is 16.5. The maximum Gasteiger partial charge on any atom is 0.358 e. The Morgan fingerprint density at radius 3 is 2.41 bits per heavy atom. The van der Waals surface area contributed by atoms with Crippen LogP contribution in [0.15, 0.2) is 0 Å². The summed E-state index contributed by atoms with van der Waals surface area (Å²) >= 11 is 0. The zero-order valence-corrected chi connectivity index (χ0v) is 13.7.